The highest BCUT2D eigenvalue weighted by Gasteiger charge is 2.15. The van der Waals surface area contributed by atoms with E-state index in [0.29, 0.717) is 0 Å². The largest absolute Gasteiger partial charge is 0.330 e. The third-order valence-corrected chi connectivity index (χ3v) is 4.29. The molecule has 2 nitrogen and oxygen atoms in total. The van der Waals surface area contributed by atoms with Gasteiger partial charge in [-0.25, -0.2) is 0 Å². The van der Waals surface area contributed by atoms with Crippen molar-refractivity contribution < 1.29 is 0 Å². The normalized spacial score (nSPS) is 25.4. The van der Waals surface area contributed by atoms with E-state index in [1.165, 1.54) is 44.6 Å². The van der Waals surface area contributed by atoms with Gasteiger partial charge < -0.3 is 10.6 Å². The standard InChI is InChI=1S/C12H26N2S/c1-11(5-6-13)4-3-7-14-8-9-15-12(2)10-14/h11-12H,3-10,13H2,1-2H3. The minimum atomic E-state index is 0.812. The average molecular weight is 230 g/mol. The summed E-state index contributed by atoms with van der Waals surface area (Å²) < 4.78 is 0. The lowest BCUT2D eigenvalue weighted by Gasteiger charge is -2.30. The second kappa shape index (κ2) is 7.53. The summed E-state index contributed by atoms with van der Waals surface area (Å²) in [5.74, 6) is 2.13. The molecule has 1 aliphatic heterocycles. The van der Waals surface area contributed by atoms with Gasteiger partial charge in [0.05, 0.1) is 0 Å². The average Bonchev–Trinajstić information content (AvgIpc) is 2.18. The third kappa shape index (κ3) is 5.79. The topological polar surface area (TPSA) is 29.3 Å². The quantitative estimate of drug-likeness (QED) is 0.758. The van der Waals surface area contributed by atoms with Crippen molar-refractivity contribution in [1.29, 1.82) is 0 Å². The number of hydrogen-bond acceptors (Lipinski definition) is 3. The molecule has 0 aliphatic carbocycles. The maximum atomic E-state index is 5.55. The zero-order valence-corrected chi connectivity index (χ0v) is 11.1. The molecule has 0 bridgehead atoms. The molecule has 0 spiro atoms. The van der Waals surface area contributed by atoms with Crippen LogP contribution in [0.25, 0.3) is 0 Å². The maximum Gasteiger partial charge on any atom is 0.0147 e. The van der Waals surface area contributed by atoms with E-state index < -0.39 is 0 Å². The number of hydrogen-bond donors (Lipinski definition) is 1. The highest BCUT2D eigenvalue weighted by molar-refractivity contribution is 7.99. The van der Waals surface area contributed by atoms with Crippen LogP contribution in [0, 0.1) is 5.92 Å². The predicted octanol–water partition coefficient (Wildman–Crippen LogP) is 2.19. The van der Waals surface area contributed by atoms with Gasteiger partial charge in [-0.15, -0.1) is 0 Å². The zero-order valence-electron chi connectivity index (χ0n) is 10.2. The molecule has 1 aliphatic rings. The lowest BCUT2D eigenvalue weighted by molar-refractivity contribution is 0.272. The Morgan fingerprint density at radius 3 is 2.93 bits per heavy atom. The number of nitrogens with zero attached hydrogens (tertiary/aromatic N) is 1. The van der Waals surface area contributed by atoms with Gasteiger partial charge >= 0.3 is 0 Å². The van der Waals surface area contributed by atoms with Gasteiger partial charge in [0.1, 0.15) is 0 Å². The monoisotopic (exact) mass is 230 g/mol. The first kappa shape index (κ1) is 13.3. The summed E-state index contributed by atoms with van der Waals surface area (Å²) in [5, 5.41) is 0.834. The molecule has 15 heavy (non-hydrogen) atoms. The van der Waals surface area contributed by atoms with Crippen molar-refractivity contribution in [1.82, 2.24) is 4.90 Å². The van der Waals surface area contributed by atoms with Crippen LogP contribution in [0.5, 0.6) is 0 Å². The first-order valence-corrected chi connectivity index (χ1v) is 7.31. The van der Waals surface area contributed by atoms with Crippen molar-refractivity contribution in [2.45, 2.75) is 38.4 Å². The van der Waals surface area contributed by atoms with Crippen LogP contribution in [0.3, 0.4) is 0 Å². The summed E-state index contributed by atoms with van der Waals surface area (Å²) in [6.07, 6.45) is 3.88. The molecular formula is C12H26N2S. The lowest BCUT2D eigenvalue weighted by atomic mass is 10.0. The maximum absolute atomic E-state index is 5.55. The molecule has 0 aromatic heterocycles. The second-order valence-corrected chi connectivity index (χ2v) is 6.35. The van der Waals surface area contributed by atoms with E-state index in [-0.39, 0.29) is 0 Å². The molecule has 1 fully saturated rings. The summed E-state index contributed by atoms with van der Waals surface area (Å²) in [6, 6.07) is 0. The molecule has 0 aromatic rings. The van der Waals surface area contributed by atoms with Crippen LogP contribution in [0.1, 0.15) is 33.1 Å². The first-order valence-electron chi connectivity index (χ1n) is 6.26. The molecule has 0 saturated carbocycles. The van der Waals surface area contributed by atoms with Crippen LogP contribution in [0.15, 0.2) is 0 Å². The molecule has 0 aromatic carbocycles. The Morgan fingerprint density at radius 1 is 1.47 bits per heavy atom. The Kier molecular flexibility index (Phi) is 6.69. The van der Waals surface area contributed by atoms with Gasteiger partial charge in [0.25, 0.3) is 0 Å². The van der Waals surface area contributed by atoms with E-state index in [0.717, 1.165) is 17.7 Å². The second-order valence-electron chi connectivity index (χ2n) is 4.81. The van der Waals surface area contributed by atoms with Crippen LogP contribution in [0.2, 0.25) is 0 Å². The molecule has 3 heteroatoms. The summed E-state index contributed by atoms with van der Waals surface area (Å²) >= 11 is 2.11. The van der Waals surface area contributed by atoms with Crippen molar-refractivity contribution >= 4 is 11.8 Å². The van der Waals surface area contributed by atoms with Crippen molar-refractivity contribution in [2.75, 3.05) is 31.9 Å². The molecule has 2 unspecified atom stereocenters. The molecular weight excluding hydrogens is 204 g/mol. The number of nitrogens with two attached hydrogens (primary N) is 1. The van der Waals surface area contributed by atoms with Crippen LogP contribution in [-0.4, -0.2) is 42.1 Å². The van der Waals surface area contributed by atoms with Gasteiger partial charge in [0, 0.05) is 24.1 Å². The van der Waals surface area contributed by atoms with Crippen molar-refractivity contribution in [3.63, 3.8) is 0 Å². The fraction of sp³-hybridized carbons (Fsp3) is 1.00. The lowest BCUT2D eigenvalue weighted by Crippen LogP contribution is -2.37. The summed E-state index contributed by atoms with van der Waals surface area (Å²) in [6.45, 7) is 9.38. The fourth-order valence-electron chi connectivity index (χ4n) is 2.19. The van der Waals surface area contributed by atoms with E-state index in [4.69, 9.17) is 5.73 Å². The van der Waals surface area contributed by atoms with E-state index in [2.05, 4.69) is 30.5 Å². The smallest absolute Gasteiger partial charge is 0.0147 e. The fourth-order valence-corrected chi connectivity index (χ4v) is 3.27. The molecule has 90 valence electrons. The van der Waals surface area contributed by atoms with E-state index >= 15 is 0 Å². The summed E-state index contributed by atoms with van der Waals surface area (Å²) in [5.41, 5.74) is 5.55. The Balaban J connectivity index is 2.03. The molecule has 1 heterocycles. The molecule has 1 saturated heterocycles. The predicted molar refractivity (Wildman–Crippen MR) is 70.4 cm³/mol. The van der Waals surface area contributed by atoms with Crippen LogP contribution >= 0.6 is 11.8 Å². The van der Waals surface area contributed by atoms with Gasteiger partial charge in [0.15, 0.2) is 0 Å². The number of rotatable bonds is 6. The summed E-state index contributed by atoms with van der Waals surface area (Å²) in [7, 11) is 0. The third-order valence-electron chi connectivity index (χ3n) is 3.16. The van der Waals surface area contributed by atoms with Gasteiger partial charge in [-0.1, -0.05) is 13.8 Å². The highest BCUT2D eigenvalue weighted by Crippen LogP contribution is 2.18. The Hall–Kier alpha value is 0.270. The number of thioether (sulfide) groups is 1. The minimum Gasteiger partial charge on any atom is -0.330 e. The van der Waals surface area contributed by atoms with Gasteiger partial charge in [-0.05, 0) is 38.3 Å². The summed E-state index contributed by atoms with van der Waals surface area (Å²) in [4.78, 5) is 2.62. The van der Waals surface area contributed by atoms with Crippen molar-refractivity contribution in [3.8, 4) is 0 Å². The molecule has 2 atom stereocenters. The Labute approximate surface area is 99.0 Å². The van der Waals surface area contributed by atoms with E-state index in [1.807, 2.05) is 0 Å². The minimum absolute atomic E-state index is 0.812. The Morgan fingerprint density at radius 2 is 2.27 bits per heavy atom. The van der Waals surface area contributed by atoms with Gasteiger partial charge in [-0.2, -0.15) is 11.8 Å². The van der Waals surface area contributed by atoms with Crippen LogP contribution in [-0.2, 0) is 0 Å². The molecule has 1 rings (SSSR count). The van der Waals surface area contributed by atoms with Crippen molar-refractivity contribution in [2.24, 2.45) is 11.7 Å². The van der Waals surface area contributed by atoms with Crippen LogP contribution in [0.4, 0.5) is 0 Å². The first-order chi connectivity index (χ1) is 7.22. The zero-order chi connectivity index (χ0) is 11.1. The van der Waals surface area contributed by atoms with Gasteiger partial charge in [-0.3, -0.25) is 0 Å². The SMILES string of the molecule is CC(CCN)CCCN1CCSC(C)C1. The van der Waals surface area contributed by atoms with E-state index in [9.17, 15) is 0 Å². The molecule has 0 radical (unpaired) electrons. The van der Waals surface area contributed by atoms with Gasteiger partial charge in [0.2, 0.25) is 0 Å². The highest BCUT2D eigenvalue weighted by atomic mass is 32.2. The van der Waals surface area contributed by atoms with Crippen molar-refractivity contribution in [3.05, 3.63) is 0 Å². The van der Waals surface area contributed by atoms with Crippen LogP contribution < -0.4 is 5.73 Å². The Bertz CT molecular complexity index is 164. The molecule has 2 N–H and O–H groups in total. The van der Waals surface area contributed by atoms with E-state index in [1.54, 1.807) is 0 Å². The molecule has 0 amide bonds.